The zero-order valence-corrected chi connectivity index (χ0v) is 14.4. The van der Waals surface area contributed by atoms with Gasteiger partial charge in [0.05, 0.1) is 17.4 Å². The van der Waals surface area contributed by atoms with Gasteiger partial charge in [0.15, 0.2) is 0 Å². The Balaban J connectivity index is 1.95. The van der Waals surface area contributed by atoms with Crippen molar-refractivity contribution in [3.05, 3.63) is 51.5 Å². The van der Waals surface area contributed by atoms with E-state index >= 15 is 0 Å². The Morgan fingerprint density at radius 1 is 1.26 bits per heavy atom. The molecule has 0 aliphatic heterocycles. The number of halogens is 1. The lowest BCUT2D eigenvalue weighted by Gasteiger charge is -2.16. The lowest BCUT2D eigenvalue weighted by Crippen LogP contribution is -2.19. The van der Waals surface area contributed by atoms with Gasteiger partial charge in [-0.25, -0.2) is 9.07 Å². The highest BCUT2D eigenvalue weighted by atomic mass is 32.1. The SMILES string of the molecule is CC(=Nn1c(C)csc1=NC1CCCCC1)c1cccc(F)c1. The molecule has 1 aliphatic rings. The fraction of sp³-hybridized carbons (Fsp3) is 0.444. The number of thiazole rings is 1. The van der Waals surface area contributed by atoms with Gasteiger partial charge < -0.3 is 0 Å². The summed E-state index contributed by atoms with van der Waals surface area (Å²) in [5.41, 5.74) is 2.64. The van der Waals surface area contributed by atoms with E-state index in [2.05, 4.69) is 10.5 Å². The first-order valence-electron chi connectivity index (χ1n) is 8.16. The molecule has 122 valence electrons. The van der Waals surface area contributed by atoms with Crippen molar-refractivity contribution < 1.29 is 4.39 Å². The largest absolute Gasteiger partial charge is 0.254 e. The Morgan fingerprint density at radius 3 is 2.78 bits per heavy atom. The fourth-order valence-corrected chi connectivity index (χ4v) is 3.75. The Bertz CT molecular complexity index is 767. The van der Waals surface area contributed by atoms with Crippen molar-refractivity contribution >= 4 is 17.0 Å². The Morgan fingerprint density at radius 2 is 2.04 bits per heavy atom. The quantitative estimate of drug-likeness (QED) is 0.741. The minimum absolute atomic E-state index is 0.240. The van der Waals surface area contributed by atoms with Gasteiger partial charge in [0.25, 0.3) is 0 Å². The van der Waals surface area contributed by atoms with E-state index in [1.807, 2.05) is 24.6 Å². The van der Waals surface area contributed by atoms with E-state index in [-0.39, 0.29) is 5.82 Å². The molecule has 0 spiro atoms. The molecule has 1 aromatic heterocycles. The van der Waals surface area contributed by atoms with Crippen LogP contribution in [0.4, 0.5) is 4.39 Å². The summed E-state index contributed by atoms with van der Waals surface area (Å²) in [5, 5.41) is 6.75. The Labute approximate surface area is 140 Å². The minimum Gasteiger partial charge on any atom is -0.254 e. The number of aromatic nitrogens is 1. The van der Waals surface area contributed by atoms with Crippen LogP contribution in [0.1, 0.15) is 50.3 Å². The minimum atomic E-state index is -0.240. The van der Waals surface area contributed by atoms with Gasteiger partial charge in [0, 0.05) is 10.9 Å². The normalized spacial score (nSPS) is 17.7. The number of nitrogens with zero attached hydrogens (tertiary/aromatic N) is 3. The van der Waals surface area contributed by atoms with Crippen LogP contribution < -0.4 is 4.80 Å². The molecule has 1 heterocycles. The molecule has 0 bridgehead atoms. The van der Waals surface area contributed by atoms with Crippen molar-refractivity contribution in [3.8, 4) is 0 Å². The molecular formula is C18H22FN3S. The summed E-state index contributed by atoms with van der Waals surface area (Å²) in [7, 11) is 0. The standard InChI is InChI=1S/C18H22FN3S/c1-13-12-23-18(20-17-9-4-3-5-10-17)22(13)21-14(2)15-7-6-8-16(19)11-15/h6-8,11-12,17H,3-5,9-10H2,1-2H3. The average Bonchev–Trinajstić information content (AvgIpc) is 2.89. The maximum Gasteiger partial charge on any atom is 0.206 e. The van der Waals surface area contributed by atoms with E-state index in [0.29, 0.717) is 6.04 Å². The lowest BCUT2D eigenvalue weighted by atomic mass is 9.96. The predicted octanol–water partition coefficient (Wildman–Crippen LogP) is 4.50. The second-order valence-electron chi connectivity index (χ2n) is 6.09. The lowest BCUT2D eigenvalue weighted by molar-refractivity contribution is 0.435. The van der Waals surface area contributed by atoms with Gasteiger partial charge in [-0.05, 0) is 38.8 Å². The van der Waals surface area contributed by atoms with E-state index in [0.717, 1.165) is 21.8 Å². The van der Waals surface area contributed by atoms with Crippen LogP contribution in [0.2, 0.25) is 0 Å². The van der Waals surface area contributed by atoms with Gasteiger partial charge in [-0.1, -0.05) is 31.4 Å². The molecule has 0 unspecified atom stereocenters. The van der Waals surface area contributed by atoms with Gasteiger partial charge >= 0.3 is 0 Å². The van der Waals surface area contributed by atoms with Crippen molar-refractivity contribution in [1.82, 2.24) is 4.68 Å². The van der Waals surface area contributed by atoms with Crippen LogP contribution in [0.5, 0.6) is 0 Å². The summed E-state index contributed by atoms with van der Waals surface area (Å²) < 4.78 is 15.3. The molecule has 2 aromatic rings. The molecule has 0 atom stereocenters. The first kappa shape index (κ1) is 16.1. The van der Waals surface area contributed by atoms with Crippen molar-refractivity contribution in [2.75, 3.05) is 0 Å². The summed E-state index contributed by atoms with van der Waals surface area (Å²) in [5.74, 6) is -0.240. The van der Waals surface area contributed by atoms with Crippen molar-refractivity contribution in [2.24, 2.45) is 10.1 Å². The summed E-state index contributed by atoms with van der Waals surface area (Å²) in [6, 6.07) is 6.96. The molecular weight excluding hydrogens is 309 g/mol. The van der Waals surface area contributed by atoms with Crippen LogP contribution in [0, 0.1) is 12.7 Å². The number of rotatable bonds is 3. The van der Waals surface area contributed by atoms with Crippen LogP contribution in [0.25, 0.3) is 0 Å². The van der Waals surface area contributed by atoms with Crippen LogP contribution in [-0.2, 0) is 0 Å². The molecule has 23 heavy (non-hydrogen) atoms. The average molecular weight is 331 g/mol. The van der Waals surface area contributed by atoms with E-state index in [1.54, 1.807) is 17.4 Å². The van der Waals surface area contributed by atoms with E-state index in [4.69, 9.17) is 4.99 Å². The molecule has 1 fully saturated rings. The van der Waals surface area contributed by atoms with Gasteiger partial charge in [-0.2, -0.15) is 5.10 Å². The van der Waals surface area contributed by atoms with Crippen molar-refractivity contribution in [2.45, 2.75) is 52.0 Å². The fourth-order valence-electron chi connectivity index (χ4n) is 2.88. The Hall–Kier alpha value is -1.75. The highest BCUT2D eigenvalue weighted by molar-refractivity contribution is 7.07. The number of hydrogen-bond acceptors (Lipinski definition) is 3. The molecule has 5 heteroatoms. The van der Waals surface area contributed by atoms with Gasteiger partial charge in [0.2, 0.25) is 4.80 Å². The van der Waals surface area contributed by atoms with Gasteiger partial charge in [0.1, 0.15) is 5.82 Å². The zero-order valence-electron chi connectivity index (χ0n) is 13.6. The first-order chi connectivity index (χ1) is 11.1. The highest BCUT2D eigenvalue weighted by Gasteiger charge is 2.12. The third kappa shape index (κ3) is 3.96. The topological polar surface area (TPSA) is 29.6 Å². The molecule has 1 aliphatic carbocycles. The van der Waals surface area contributed by atoms with Crippen LogP contribution >= 0.6 is 11.3 Å². The molecule has 0 amide bonds. The summed E-state index contributed by atoms with van der Waals surface area (Å²) in [6.45, 7) is 3.93. The van der Waals surface area contributed by atoms with E-state index < -0.39 is 0 Å². The summed E-state index contributed by atoms with van der Waals surface area (Å²) in [4.78, 5) is 5.84. The number of benzene rings is 1. The molecule has 0 N–H and O–H groups in total. The third-order valence-electron chi connectivity index (χ3n) is 4.21. The smallest absolute Gasteiger partial charge is 0.206 e. The maximum absolute atomic E-state index is 13.4. The monoisotopic (exact) mass is 331 g/mol. The second-order valence-corrected chi connectivity index (χ2v) is 6.92. The van der Waals surface area contributed by atoms with Crippen molar-refractivity contribution in [3.63, 3.8) is 0 Å². The maximum atomic E-state index is 13.4. The molecule has 1 saturated carbocycles. The van der Waals surface area contributed by atoms with Crippen LogP contribution in [-0.4, -0.2) is 16.4 Å². The number of hydrogen-bond donors (Lipinski definition) is 0. The van der Waals surface area contributed by atoms with Crippen LogP contribution in [0.3, 0.4) is 0 Å². The second kappa shape index (κ2) is 7.21. The zero-order chi connectivity index (χ0) is 16.2. The molecule has 1 aromatic carbocycles. The van der Waals surface area contributed by atoms with Crippen LogP contribution in [0.15, 0.2) is 39.7 Å². The van der Waals surface area contributed by atoms with Gasteiger partial charge in [-0.15, -0.1) is 11.3 Å². The third-order valence-corrected chi connectivity index (χ3v) is 5.16. The molecule has 0 saturated heterocycles. The van der Waals surface area contributed by atoms with Crippen molar-refractivity contribution in [1.29, 1.82) is 0 Å². The highest BCUT2D eigenvalue weighted by Crippen LogP contribution is 2.20. The van der Waals surface area contributed by atoms with E-state index in [9.17, 15) is 4.39 Å². The Kier molecular flexibility index (Phi) is 5.06. The predicted molar refractivity (Wildman–Crippen MR) is 93.5 cm³/mol. The molecule has 3 nitrogen and oxygen atoms in total. The molecule has 3 rings (SSSR count). The summed E-state index contributed by atoms with van der Waals surface area (Å²) in [6.07, 6.45) is 6.20. The number of aryl methyl sites for hydroxylation is 1. The summed E-state index contributed by atoms with van der Waals surface area (Å²) >= 11 is 1.63. The molecule has 0 radical (unpaired) electrons. The van der Waals surface area contributed by atoms with Gasteiger partial charge in [-0.3, -0.25) is 4.99 Å². The first-order valence-corrected chi connectivity index (χ1v) is 9.04. The van der Waals surface area contributed by atoms with E-state index in [1.165, 1.54) is 44.2 Å².